The van der Waals surface area contributed by atoms with Gasteiger partial charge < -0.3 is 10.2 Å². The number of thioether (sulfide) groups is 1. The van der Waals surface area contributed by atoms with Gasteiger partial charge in [0.15, 0.2) is 0 Å². The number of nitrogens with one attached hydrogen (secondary N) is 1. The van der Waals surface area contributed by atoms with Crippen molar-refractivity contribution in [3.05, 3.63) is 64.1 Å². The molecule has 7 heteroatoms. The predicted molar refractivity (Wildman–Crippen MR) is 126 cm³/mol. The first kappa shape index (κ1) is 24.6. The van der Waals surface area contributed by atoms with Gasteiger partial charge in [-0.1, -0.05) is 48.3 Å². The highest BCUT2D eigenvalue weighted by Gasteiger charge is 2.27. The van der Waals surface area contributed by atoms with E-state index in [9.17, 15) is 9.59 Å². The van der Waals surface area contributed by atoms with Crippen molar-refractivity contribution < 1.29 is 9.59 Å². The monoisotopic (exact) mass is 466 g/mol. The molecule has 0 aliphatic carbocycles. The average Bonchev–Trinajstić information content (AvgIpc) is 2.73. The molecule has 0 bridgehead atoms. The van der Waals surface area contributed by atoms with Gasteiger partial charge in [0, 0.05) is 39.7 Å². The smallest absolute Gasteiger partial charge is 0.242 e. The van der Waals surface area contributed by atoms with E-state index in [1.807, 2.05) is 56.3 Å². The molecular formula is C23H28Cl2N2O2S. The Morgan fingerprint density at radius 1 is 1.07 bits per heavy atom. The van der Waals surface area contributed by atoms with Gasteiger partial charge in [-0.2, -0.15) is 0 Å². The highest BCUT2D eigenvalue weighted by molar-refractivity contribution is 7.99. The van der Waals surface area contributed by atoms with Gasteiger partial charge in [-0.3, -0.25) is 9.59 Å². The molecule has 0 fully saturated rings. The molecule has 2 aromatic carbocycles. The van der Waals surface area contributed by atoms with Crippen LogP contribution in [-0.4, -0.2) is 34.6 Å². The summed E-state index contributed by atoms with van der Waals surface area (Å²) in [5.41, 5.74) is 0.820. The van der Waals surface area contributed by atoms with Crippen LogP contribution in [0.5, 0.6) is 0 Å². The second-order valence-corrected chi connectivity index (χ2v) is 9.17. The molecule has 0 aliphatic rings. The summed E-state index contributed by atoms with van der Waals surface area (Å²) < 4.78 is 0. The van der Waals surface area contributed by atoms with Crippen molar-refractivity contribution in [2.45, 2.75) is 57.1 Å². The van der Waals surface area contributed by atoms with Crippen LogP contribution in [0.1, 0.15) is 39.2 Å². The zero-order valence-corrected chi connectivity index (χ0v) is 19.9. The zero-order chi connectivity index (χ0) is 22.1. The molecule has 1 N–H and O–H groups in total. The fourth-order valence-corrected chi connectivity index (χ4v) is 3.95. The van der Waals surface area contributed by atoms with Crippen LogP contribution in [0, 0.1) is 0 Å². The van der Waals surface area contributed by atoms with Crippen molar-refractivity contribution in [3.63, 3.8) is 0 Å². The van der Waals surface area contributed by atoms with Crippen LogP contribution in [-0.2, 0) is 16.1 Å². The minimum absolute atomic E-state index is 0.0534. The first-order valence-electron chi connectivity index (χ1n) is 10.0. The van der Waals surface area contributed by atoms with Gasteiger partial charge >= 0.3 is 0 Å². The maximum atomic E-state index is 13.1. The molecule has 0 heterocycles. The number of rotatable bonds is 10. The first-order chi connectivity index (χ1) is 14.3. The summed E-state index contributed by atoms with van der Waals surface area (Å²) in [5.74, 6) is 0.373. The lowest BCUT2D eigenvalue weighted by Gasteiger charge is -2.30. The van der Waals surface area contributed by atoms with E-state index in [2.05, 4.69) is 5.32 Å². The SMILES string of the molecule is CC[C@H](C)NC(=O)[C@@H](C)N(Cc1ccccc1Cl)C(=O)CCSc1ccc(Cl)cc1. The van der Waals surface area contributed by atoms with E-state index in [0.717, 1.165) is 16.9 Å². The largest absolute Gasteiger partial charge is 0.352 e. The fourth-order valence-electron chi connectivity index (χ4n) is 2.79. The third kappa shape index (κ3) is 7.53. The number of halogens is 2. The summed E-state index contributed by atoms with van der Waals surface area (Å²) in [7, 11) is 0. The van der Waals surface area contributed by atoms with Crippen LogP contribution >= 0.6 is 35.0 Å². The number of benzene rings is 2. The van der Waals surface area contributed by atoms with E-state index in [4.69, 9.17) is 23.2 Å². The standard InChI is InChI=1S/C23H28Cl2N2O2S/c1-4-16(2)26-23(29)17(3)27(15-18-7-5-6-8-21(18)25)22(28)13-14-30-20-11-9-19(24)10-12-20/h5-12,16-17H,4,13-15H2,1-3H3,(H,26,29)/t16-,17+/m0/s1. The molecule has 0 radical (unpaired) electrons. The third-order valence-electron chi connectivity index (χ3n) is 4.87. The van der Waals surface area contributed by atoms with Gasteiger partial charge in [0.2, 0.25) is 11.8 Å². The Labute approximate surface area is 193 Å². The molecule has 30 heavy (non-hydrogen) atoms. The van der Waals surface area contributed by atoms with E-state index >= 15 is 0 Å². The summed E-state index contributed by atoms with van der Waals surface area (Å²) >= 11 is 13.8. The quantitative estimate of drug-likeness (QED) is 0.449. The summed E-state index contributed by atoms with van der Waals surface area (Å²) in [4.78, 5) is 28.4. The summed E-state index contributed by atoms with van der Waals surface area (Å²) in [6.45, 7) is 6.02. The molecule has 0 saturated carbocycles. The van der Waals surface area contributed by atoms with Crippen LogP contribution in [0.4, 0.5) is 0 Å². The Hall–Kier alpha value is -1.69. The van der Waals surface area contributed by atoms with Crippen LogP contribution in [0.25, 0.3) is 0 Å². The van der Waals surface area contributed by atoms with E-state index in [1.54, 1.807) is 29.7 Å². The second-order valence-electron chi connectivity index (χ2n) is 7.16. The summed E-state index contributed by atoms with van der Waals surface area (Å²) in [6, 6.07) is 14.4. The second kappa shape index (κ2) is 12.2. The van der Waals surface area contributed by atoms with Crippen molar-refractivity contribution in [1.29, 1.82) is 0 Å². The number of hydrogen-bond acceptors (Lipinski definition) is 3. The Bertz CT molecular complexity index is 845. The number of nitrogens with zero attached hydrogens (tertiary/aromatic N) is 1. The molecular weight excluding hydrogens is 439 g/mol. The molecule has 0 saturated heterocycles. The Morgan fingerprint density at radius 3 is 2.37 bits per heavy atom. The summed E-state index contributed by atoms with van der Waals surface area (Å²) in [5, 5.41) is 4.24. The fraction of sp³-hybridized carbons (Fsp3) is 0.391. The molecule has 0 aromatic heterocycles. The van der Waals surface area contributed by atoms with Gasteiger partial charge in [-0.05, 0) is 56.2 Å². The minimum atomic E-state index is -0.594. The van der Waals surface area contributed by atoms with Gasteiger partial charge in [0.05, 0.1) is 0 Å². The van der Waals surface area contributed by atoms with Gasteiger partial charge in [0.1, 0.15) is 6.04 Å². The molecule has 162 valence electrons. The predicted octanol–water partition coefficient (Wildman–Crippen LogP) is 5.81. The normalized spacial score (nSPS) is 12.8. The number of hydrogen-bond donors (Lipinski definition) is 1. The van der Waals surface area contributed by atoms with Crippen molar-refractivity contribution in [1.82, 2.24) is 10.2 Å². The van der Waals surface area contributed by atoms with Crippen molar-refractivity contribution >= 4 is 46.8 Å². The first-order valence-corrected chi connectivity index (χ1v) is 11.8. The molecule has 0 spiro atoms. The van der Waals surface area contributed by atoms with Gasteiger partial charge in [-0.25, -0.2) is 0 Å². The Kier molecular flexibility index (Phi) is 10.0. The zero-order valence-electron chi connectivity index (χ0n) is 17.5. The van der Waals surface area contributed by atoms with Crippen LogP contribution in [0.15, 0.2) is 53.4 Å². The van der Waals surface area contributed by atoms with E-state index in [0.29, 0.717) is 28.8 Å². The van der Waals surface area contributed by atoms with E-state index in [-0.39, 0.29) is 17.9 Å². The molecule has 0 unspecified atom stereocenters. The number of carbonyl (C=O) groups is 2. The molecule has 2 aromatic rings. The highest BCUT2D eigenvalue weighted by Crippen LogP contribution is 2.23. The lowest BCUT2D eigenvalue weighted by atomic mass is 10.1. The van der Waals surface area contributed by atoms with Gasteiger partial charge in [0.25, 0.3) is 0 Å². The minimum Gasteiger partial charge on any atom is -0.352 e. The number of amides is 2. The van der Waals surface area contributed by atoms with Gasteiger partial charge in [-0.15, -0.1) is 11.8 Å². The van der Waals surface area contributed by atoms with Crippen LogP contribution in [0.2, 0.25) is 10.0 Å². The maximum Gasteiger partial charge on any atom is 0.242 e. The van der Waals surface area contributed by atoms with Crippen LogP contribution < -0.4 is 5.32 Å². The van der Waals surface area contributed by atoms with Crippen molar-refractivity contribution in [3.8, 4) is 0 Å². The number of carbonyl (C=O) groups excluding carboxylic acids is 2. The molecule has 4 nitrogen and oxygen atoms in total. The Balaban J connectivity index is 2.08. The lowest BCUT2D eigenvalue weighted by Crippen LogP contribution is -2.49. The highest BCUT2D eigenvalue weighted by atomic mass is 35.5. The third-order valence-corrected chi connectivity index (χ3v) is 6.50. The molecule has 2 amide bonds. The van der Waals surface area contributed by atoms with E-state index < -0.39 is 6.04 Å². The average molecular weight is 467 g/mol. The van der Waals surface area contributed by atoms with Crippen LogP contribution in [0.3, 0.4) is 0 Å². The maximum absolute atomic E-state index is 13.1. The topological polar surface area (TPSA) is 49.4 Å². The molecule has 2 rings (SSSR count). The Morgan fingerprint density at radius 2 is 1.73 bits per heavy atom. The lowest BCUT2D eigenvalue weighted by molar-refractivity contribution is -0.140. The van der Waals surface area contributed by atoms with Crippen molar-refractivity contribution in [2.75, 3.05) is 5.75 Å². The van der Waals surface area contributed by atoms with E-state index in [1.165, 1.54) is 0 Å². The molecule has 2 atom stereocenters. The molecule has 0 aliphatic heterocycles. The summed E-state index contributed by atoms with van der Waals surface area (Å²) in [6.07, 6.45) is 1.15. The van der Waals surface area contributed by atoms with Crippen molar-refractivity contribution in [2.24, 2.45) is 0 Å².